The van der Waals surface area contributed by atoms with Gasteiger partial charge in [-0.05, 0) is 6.42 Å². The summed E-state index contributed by atoms with van der Waals surface area (Å²) in [5.74, 6) is -0.896. The van der Waals surface area contributed by atoms with Gasteiger partial charge in [-0.1, -0.05) is 6.08 Å². The van der Waals surface area contributed by atoms with Crippen molar-refractivity contribution in [2.45, 2.75) is 18.9 Å². The molecule has 1 aliphatic rings. The van der Waals surface area contributed by atoms with E-state index in [-0.39, 0.29) is 18.4 Å². The van der Waals surface area contributed by atoms with Crippen LogP contribution in [0.2, 0.25) is 0 Å². The van der Waals surface area contributed by atoms with E-state index in [0.29, 0.717) is 26.1 Å². The van der Waals surface area contributed by atoms with Gasteiger partial charge in [0.05, 0.1) is 6.04 Å². The van der Waals surface area contributed by atoms with Crippen LogP contribution in [0.5, 0.6) is 0 Å². The minimum atomic E-state index is -0.870. The minimum absolute atomic E-state index is 0.0192. The van der Waals surface area contributed by atoms with Crippen molar-refractivity contribution in [1.29, 1.82) is 0 Å². The number of carboxylic acid groups (broad SMARTS) is 1. The molecule has 1 fully saturated rings. The average molecular weight is 212 g/mol. The van der Waals surface area contributed by atoms with Crippen LogP contribution in [0.15, 0.2) is 12.7 Å². The lowest BCUT2D eigenvalue weighted by molar-refractivity contribution is -0.138. The normalized spacial score (nSPS) is 21.5. The van der Waals surface area contributed by atoms with Crippen LogP contribution in [0.1, 0.15) is 12.8 Å². The Morgan fingerprint density at radius 2 is 2.47 bits per heavy atom. The quantitative estimate of drug-likeness (QED) is 0.621. The highest BCUT2D eigenvalue weighted by Gasteiger charge is 2.27. The van der Waals surface area contributed by atoms with Crippen LogP contribution in [0, 0.1) is 0 Å². The topological polar surface area (TPSA) is 69.6 Å². The maximum atomic E-state index is 11.8. The number of carboxylic acids is 1. The van der Waals surface area contributed by atoms with Gasteiger partial charge in [0.2, 0.25) is 5.91 Å². The van der Waals surface area contributed by atoms with Crippen LogP contribution in [-0.4, -0.2) is 47.6 Å². The molecule has 5 heteroatoms. The zero-order chi connectivity index (χ0) is 11.3. The third-order valence-corrected chi connectivity index (χ3v) is 2.38. The van der Waals surface area contributed by atoms with Gasteiger partial charge in [0, 0.05) is 26.1 Å². The first kappa shape index (κ1) is 11.7. The molecule has 1 rings (SSSR count). The van der Waals surface area contributed by atoms with Crippen LogP contribution < -0.4 is 5.32 Å². The molecule has 1 amide bonds. The van der Waals surface area contributed by atoms with Gasteiger partial charge in [0.25, 0.3) is 0 Å². The second-order valence-electron chi connectivity index (χ2n) is 3.51. The van der Waals surface area contributed by atoms with Crippen molar-refractivity contribution < 1.29 is 14.7 Å². The smallest absolute Gasteiger partial charge is 0.303 e. The van der Waals surface area contributed by atoms with Crippen LogP contribution in [0.4, 0.5) is 0 Å². The Labute approximate surface area is 88.8 Å². The molecule has 15 heavy (non-hydrogen) atoms. The largest absolute Gasteiger partial charge is 0.481 e. The first-order valence-electron chi connectivity index (χ1n) is 5.00. The van der Waals surface area contributed by atoms with E-state index in [2.05, 4.69) is 11.9 Å². The van der Waals surface area contributed by atoms with E-state index in [1.807, 2.05) is 0 Å². The van der Waals surface area contributed by atoms with Crippen LogP contribution in [0.3, 0.4) is 0 Å². The summed E-state index contributed by atoms with van der Waals surface area (Å²) < 4.78 is 0. The second kappa shape index (κ2) is 5.50. The predicted molar refractivity (Wildman–Crippen MR) is 55.4 cm³/mol. The second-order valence-corrected chi connectivity index (χ2v) is 3.51. The summed E-state index contributed by atoms with van der Waals surface area (Å²) in [6.45, 7) is 5.49. The molecule has 0 aromatic rings. The Morgan fingerprint density at radius 3 is 3.07 bits per heavy atom. The van der Waals surface area contributed by atoms with Gasteiger partial charge < -0.3 is 15.3 Å². The molecule has 0 aliphatic carbocycles. The standard InChI is InChI=1S/C10H16N2O3/c1-2-6-12-7-5-11-8(10(12)15)3-4-9(13)14/h2,8,11H,1,3-7H2,(H,13,14). The van der Waals surface area contributed by atoms with Gasteiger partial charge in [-0.3, -0.25) is 9.59 Å². The van der Waals surface area contributed by atoms with E-state index in [1.54, 1.807) is 11.0 Å². The summed E-state index contributed by atoms with van der Waals surface area (Å²) in [6, 6.07) is -0.352. The number of nitrogens with one attached hydrogen (secondary N) is 1. The monoisotopic (exact) mass is 212 g/mol. The summed E-state index contributed by atoms with van der Waals surface area (Å²) in [7, 11) is 0. The molecule has 2 N–H and O–H groups in total. The molecule has 0 aromatic carbocycles. The number of hydrogen-bond acceptors (Lipinski definition) is 3. The lowest BCUT2D eigenvalue weighted by Gasteiger charge is -2.32. The van der Waals surface area contributed by atoms with Crippen LogP contribution >= 0.6 is 0 Å². The number of piperazine rings is 1. The highest BCUT2D eigenvalue weighted by atomic mass is 16.4. The summed E-state index contributed by atoms with van der Waals surface area (Å²) >= 11 is 0. The molecule has 84 valence electrons. The zero-order valence-electron chi connectivity index (χ0n) is 8.61. The van der Waals surface area contributed by atoms with Crippen molar-refractivity contribution in [3.05, 3.63) is 12.7 Å². The zero-order valence-corrected chi connectivity index (χ0v) is 8.61. The Bertz CT molecular complexity index is 265. The lowest BCUT2D eigenvalue weighted by atomic mass is 10.1. The number of hydrogen-bond donors (Lipinski definition) is 2. The molecule has 0 spiro atoms. The molecule has 1 atom stereocenters. The summed E-state index contributed by atoms with van der Waals surface area (Å²) in [5, 5.41) is 11.6. The molecule has 1 heterocycles. The Morgan fingerprint density at radius 1 is 1.73 bits per heavy atom. The number of carbonyl (C=O) groups is 2. The van der Waals surface area contributed by atoms with E-state index >= 15 is 0 Å². The summed E-state index contributed by atoms with van der Waals surface area (Å²) in [5.41, 5.74) is 0. The number of aliphatic carboxylic acids is 1. The van der Waals surface area contributed by atoms with Gasteiger partial charge in [-0.15, -0.1) is 6.58 Å². The van der Waals surface area contributed by atoms with Gasteiger partial charge in [0.15, 0.2) is 0 Å². The van der Waals surface area contributed by atoms with Gasteiger partial charge in [0.1, 0.15) is 0 Å². The maximum Gasteiger partial charge on any atom is 0.303 e. The third kappa shape index (κ3) is 3.36. The molecular formula is C10H16N2O3. The number of carbonyl (C=O) groups excluding carboxylic acids is 1. The van der Waals surface area contributed by atoms with Crippen molar-refractivity contribution >= 4 is 11.9 Å². The van der Waals surface area contributed by atoms with Crippen LogP contribution in [-0.2, 0) is 9.59 Å². The lowest BCUT2D eigenvalue weighted by Crippen LogP contribution is -2.55. The van der Waals surface area contributed by atoms with Gasteiger partial charge in [-0.2, -0.15) is 0 Å². The predicted octanol–water partition coefficient (Wildman–Crippen LogP) is -0.162. The first-order chi connectivity index (χ1) is 7.15. The summed E-state index contributed by atoms with van der Waals surface area (Å²) in [4.78, 5) is 23.8. The van der Waals surface area contributed by atoms with Gasteiger partial charge in [-0.25, -0.2) is 0 Å². The highest BCUT2D eigenvalue weighted by Crippen LogP contribution is 2.07. The molecule has 0 aromatic heterocycles. The van der Waals surface area contributed by atoms with Crippen molar-refractivity contribution in [3.63, 3.8) is 0 Å². The van der Waals surface area contributed by atoms with E-state index in [1.165, 1.54) is 0 Å². The molecular weight excluding hydrogens is 196 g/mol. The van der Waals surface area contributed by atoms with E-state index in [4.69, 9.17) is 5.11 Å². The van der Waals surface area contributed by atoms with E-state index in [0.717, 1.165) is 0 Å². The third-order valence-electron chi connectivity index (χ3n) is 2.38. The van der Waals surface area contributed by atoms with E-state index in [9.17, 15) is 9.59 Å². The van der Waals surface area contributed by atoms with Crippen molar-refractivity contribution in [1.82, 2.24) is 10.2 Å². The Hall–Kier alpha value is -1.36. The fourth-order valence-electron chi connectivity index (χ4n) is 1.62. The summed E-state index contributed by atoms with van der Waals surface area (Å²) in [6.07, 6.45) is 2.05. The Kier molecular flexibility index (Phi) is 4.30. The number of amides is 1. The van der Waals surface area contributed by atoms with Crippen molar-refractivity contribution in [2.75, 3.05) is 19.6 Å². The average Bonchev–Trinajstić information content (AvgIpc) is 2.19. The fraction of sp³-hybridized carbons (Fsp3) is 0.600. The molecule has 0 saturated carbocycles. The molecule has 0 bridgehead atoms. The number of nitrogens with zero attached hydrogens (tertiary/aromatic N) is 1. The molecule has 1 aliphatic heterocycles. The molecule has 0 radical (unpaired) electrons. The van der Waals surface area contributed by atoms with Crippen molar-refractivity contribution in [3.8, 4) is 0 Å². The molecule has 5 nitrogen and oxygen atoms in total. The number of rotatable bonds is 5. The molecule has 1 saturated heterocycles. The molecule has 1 unspecified atom stereocenters. The first-order valence-corrected chi connectivity index (χ1v) is 5.00. The maximum absolute atomic E-state index is 11.8. The highest BCUT2D eigenvalue weighted by molar-refractivity contribution is 5.83. The van der Waals surface area contributed by atoms with Crippen LogP contribution in [0.25, 0.3) is 0 Å². The van der Waals surface area contributed by atoms with Crippen molar-refractivity contribution in [2.24, 2.45) is 0 Å². The SMILES string of the molecule is C=CCN1CCNC(CCC(=O)O)C1=O. The van der Waals surface area contributed by atoms with Gasteiger partial charge >= 0.3 is 5.97 Å². The minimum Gasteiger partial charge on any atom is -0.481 e. The Balaban J connectivity index is 2.46. The van der Waals surface area contributed by atoms with E-state index < -0.39 is 5.97 Å². The fourth-order valence-corrected chi connectivity index (χ4v) is 1.62.